The normalized spacial score (nSPS) is 25.5. The van der Waals surface area contributed by atoms with Crippen molar-refractivity contribution < 1.29 is 0 Å². The van der Waals surface area contributed by atoms with Crippen molar-refractivity contribution in [2.45, 2.75) is 29.5 Å². The SMILES string of the molecule is CSc1ccccc1NC1CCSC1C. The summed E-state index contributed by atoms with van der Waals surface area (Å²) in [6.45, 7) is 2.32. The summed E-state index contributed by atoms with van der Waals surface area (Å²) in [5.74, 6) is 1.29. The van der Waals surface area contributed by atoms with E-state index >= 15 is 0 Å². The van der Waals surface area contributed by atoms with E-state index in [1.807, 2.05) is 11.8 Å². The highest BCUT2D eigenvalue weighted by Crippen LogP contribution is 2.32. The standard InChI is InChI=1S/C12H17NS2/c1-9-10(7-8-15-9)13-11-5-3-4-6-12(11)14-2/h3-6,9-10,13H,7-8H2,1-2H3. The minimum absolute atomic E-state index is 0.642. The lowest BCUT2D eigenvalue weighted by Crippen LogP contribution is -2.24. The fraction of sp³-hybridized carbons (Fsp3) is 0.500. The van der Waals surface area contributed by atoms with E-state index in [4.69, 9.17) is 0 Å². The number of nitrogens with one attached hydrogen (secondary N) is 1. The van der Waals surface area contributed by atoms with Gasteiger partial charge in [0.2, 0.25) is 0 Å². The van der Waals surface area contributed by atoms with Crippen LogP contribution in [0.15, 0.2) is 29.2 Å². The largest absolute Gasteiger partial charge is 0.380 e. The Morgan fingerprint density at radius 1 is 1.40 bits per heavy atom. The van der Waals surface area contributed by atoms with E-state index in [0.717, 1.165) is 5.25 Å². The smallest absolute Gasteiger partial charge is 0.0480 e. The predicted molar refractivity (Wildman–Crippen MR) is 72.2 cm³/mol. The zero-order valence-corrected chi connectivity index (χ0v) is 10.8. The summed E-state index contributed by atoms with van der Waals surface area (Å²) in [6, 6.07) is 9.21. The average Bonchev–Trinajstić information content (AvgIpc) is 2.65. The Bertz CT molecular complexity index is 327. The molecular formula is C12H17NS2. The number of anilines is 1. The van der Waals surface area contributed by atoms with Gasteiger partial charge in [-0.1, -0.05) is 19.1 Å². The van der Waals surface area contributed by atoms with E-state index in [9.17, 15) is 0 Å². The molecule has 1 saturated heterocycles. The van der Waals surface area contributed by atoms with E-state index in [0.29, 0.717) is 6.04 Å². The molecule has 0 saturated carbocycles. The first-order chi connectivity index (χ1) is 7.31. The Morgan fingerprint density at radius 3 is 2.87 bits per heavy atom. The molecule has 1 aromatic rings. The first-order valence-electron chi connectivity index (χ1n) is 5.32. The van der Waals surface area contributed by atoms with Gasteiger partial charge in [-0.2, -0.15) is 11.8 Å². The minimum Gasteiger partial charge on any atom is -0.380 e. The molecule has 0 amide bonds. The Morgan fingerprint density at radius 2 is 2.20 bits per heavy atom. The van der Waals surface area contributed by atoms with Crippen LogP contribution in [-0.4, -0.2) is 23.3 Å². The van der Waals surface area contributed by atoms with Crippen LogP contribution in [0.5, 0.6) is 0 Å². The summed E-state index contributed by atoms with van der Waals surface area (Å²) in [7, 11) is 0. The molecule has 1 N–H and O–H groups in total. The summed E-state index contributed by atoms with van der Waals surface area (Å²) in [6.07, 6.45) is 3.42. The van der Waals surface area contributed by atoms with Gasteiger partial charge in [-0.3, -0.25) is 0 Å². The fourth-order valence-electron chi connectivity index (χ4n) is 1.88. The molecule has 3 heteroatoms. The minimum atomic E-state index is 0.642. The lowest BCUT2D eigenvalue weighted by atomic mass is 10.1. The molecule has 0 spiro atoms. The summed E-state index contributed by atoms with van der Waals surface area (Å²) in [4.78, 5) is 1.35. The maximum Gasteiger partial charge on any atom is 0.0480 e. The van der Waals surface area contributed by atoms with Crippen LogP contribution in [0.3, 0.4) is 0 Å². The van der Waals surface area contributed by atoms with Crippen molar-refractivity contribution >= 4 is 29.2 Å². The van der Waals surface area contributed by atoms with Gasteiger partial charge in [0.15, 0.2) is 0 Å². The monoisotopic (exact) mass is 239 g/mol. The molecule has 1 aliphatic rings. The zero-order valence-electron chi connectivity index (χ0n) is 9.19. The van der Waals surface area contributed by atoms with Gasteiger partial charge in [-0.15, -0.1) is 11.8 Å². The highest BCUT2D eigenvalue weighted by atomic mass is 32.2. The highest BCUT2D eigenvalue weighted by Gasteiger charge is 2.23. The van der Waals surface area contributed by atoms with Crippen molar-refractivity contribution in [3.8, 4) is 0 Å². The molecule has 0 radical (unpaired) electrons. The molecule has 0 bridgehead atoms. The third-order valence-corrected chi connectivity index (χ3v) is 4.95. The van der Waals surface area contributed by atoms with E-state index in [1.165, 1.54) is 22.8 Å². The van der Waals surface area contributed by atoms with Gasteiger partial charge in [0.05, 0.1) is 0 Å². The van der Waals surface area contributed by atoms with Crippen LogP contribution in [0.1, 0.15) is 13.3 Å². The number of hydrogen-bond donors (Lipinski definition) is 1. The zero-order chi connectivity index (χ0) is 10.7. The molecule has 1 aliphatic heterocycles. The maximum absolute atomic E-state index is 3.67. The molecule has 1 nitrogen and oxygen atoms in total. The molecule has 2 rings (SSSR count). The van der Waals surface area contributed by atoms with Crippen LogP contribution in [0, 0.1) is 0 Å². The van der Waals surface area contributed by atoms with Crippen LogP contribution in [-0.2, 0) is 0 Å². The second-order valence-corrected chi connectivity index (χ2v) is 6.15. The average molecular weight is 239 g/mol. The van der Waals surface area contributed by atoms with E-state index in [1.54, 1.807) is 0 Å². The van der Waals surface area contributed by atoms with Gasteiger partial charge in [-0.05, 0) is 30.6 Å². The molecule has 15 heavy (non-hydrogen) atoms. The van der Waals surface area contributed by atoms with Gasteiger partial charge in [0, 0.05) is 21.9 Å². The molecular weight excluding hydrogens is 222 g/mol. The van der Waals surface area contributed by atoms with Crippen molar-refractivity contribution in [2.24, 2.45) is 0 Å². The Balaban J connectivity index is 2.09. The Hall–Kier alpha value is -0.280. The van der Waals surface area contributed by atoms with Gasteiger partial charge in [0.1, 0.15) is 0 Å². The number of para-hydroxylation sites is 1. The topological polar surface area (TPSA) is 12.0 Å². The third kappa shape index (κ3) is 2.64. The van der Waals surface area contributed by atoms with Gasteiger partial charge in [-0.25, -0.2) is 0 Å². The molecule has 1 heterocycles. The molecule has 0 aliphatic carbocycles. The quantitative estimate of drug-likeness (QED) is 0.808. The van der Waals surface area contributed by atoms with Crippen molar-refractivity contribution in [1.29, 1.82) is 0 Å². The summed E-state index contributed by atoms with van der Waals surface area (Å²) in [5, 5.41) is 4.40. The Kier molecular flexibility index (Phi) is 3.87. The molecule has 2 unspecified atom stereocenters. The maximum atomic E-state index is 3.67. The second-order valence-electron chi connectivity index (χ2n) is 3.82. The van der Waals surface area contributed by atoms with Crippen molar-refractivity contribution in [1.82, 2.24) is 0 Å². The van der Waals surface area contributed by atoms with Crippen molar-refractivity contribution in [3.05, 3.63) is 24.3 Å². The van der Waals surface area contributed by atoms with Crippen molar-refractivity contribution in [2.75, 3.05) is 17.3 Å². The summed E-state index contributed by atoms with van der Waals surface area (Å²) in [5.41, 5.74) is 1.30. The van der Waals surface area contributed by atoms with Crippen LogP contribution in [0.25, 0.3) is 0 Å². The molecule has 82 valence electrons. The summed E-state index contributed by atoms with van der Waals surface area (Å²) < 4.78 is 0. The van der Waals surface area contributed by atoms with Crippen LogP contribution in [0.4, 0.5) is 5.69 Å². The lowest BCUT2D eigenvalue weighted by molar-refractivity contribution is 0.722. The first kappa shape index (κ1) is 11.2. The number of thioether (sulfide) groups is 2. The highest BCUT2D eigenvalue weighted by molar-refractivity contribution is 8.00. The van der Waals surface area contributed by atoms with E-state index < -0.39 is 0 Å². The van der Waals surface area contributed by atoms with Gasteiger partial charge in [0.25, 0.3) is 0 Å². The van der Waals surface area contributed by atoms with Crippen LogP contribution in [0.2, 0.25) is 0 Å². The second kappa shape index (κ2) is 5.17. The van der Waals surface area contributed by atoms with Crippen LogP contribution >= 0.6 is 23.5 Å². The number of hydrogen-bond acceptors (Lipinski definition) is 3. The van der Waals surface area contributed by atoms with Crippen molar-refractivity contribution in [3.63, 3.8) is 0 Å². The molecule has 0 aromatic heterocycles. The Labute approximate surface area is 100 Å². The summed E-state index contributed by atoms with van der Waals surface area (Å²) >= 11 is 3.88. The first-order valence-corrected chi connectivity index (χ1v) is 7.60. The number of benzene rings is 1. The van der Waals surface area contributed by atoms with E-state index in [-0.39, 0.29) is 0 Å². The lowest BCUT2D eigenvalue weighted by Gasteiger charge is -2.19. The predicted octanol–water partition coefficient (Wildman–Crippen LogP) is 3.71. The molecule has 1 fully saturated rings. The van der Waals surface area contributed by atoms with Gasteiger partial charge < -0.3 is 5.32 Å². The van der Waals surface area contributed by atoms with E-state index in [2.05, 4.69) is 54.5 Å². The molecule has 2 atom stereocenters. The third-order valence-electron chi connectivity index (χ3n) is 2.82. The fourth-order valence-corrected chi connectivity index (χ4v) is 3.64. The molecule has 1 aromatic carbocycles. The number of rotatable bonds is 3. The van der Waals surface area contributed by atoms with Gasteiger partial charge >= 0.3 is 0 Å². The van der Waals surface area contributed by atoms with Crippen LogP contribution < -0.4 is 5.32 Å².